The predicted octanol–water partition coefficient (Wildman–Crippen LogP) is 17.2. The molecule has 0 aromatic rings. The Hall–Kier alpha value is -4.23. The highest BCUT2D eigenvalue weighted by Gasteiger charge is 2.97. The van der Waals surface area contributed by atoms with E-state index in [1.165, 1.54) is 0 Å². The van der Waals surface area contributed by atoms with Crippen molar-refractivity contribution in [1.82, 2.24) is 5.32 Å². The fourth-order valence-electron chi connectivity index (χ4n) is 6.59. The molecule has 0 bridgehead atoms. The molecule has 0 aromatic carbocycles. The Labute approximate surface area is 445 Å². The van der Waals surface area contributed by atoms with Gasteiger partial charge in [-0.25, -0.2) is 4.79 Å². The monoisotopic (exact) mass is 1300 g/mol. The topological polar surface area (TPSA) is 81.7 Å². The number of carbonyl (C=O) groups is 3. The van der Waals surface area contributed by atoms with Gasteiger partial charge in [-0.2, -0.15) is 149 Å². The van der Waals surface area contributed by atoms with Crippen molar-refractivity contribution in [2.45, 2.75) is 224 Å². The lowest BCUT2D eigenvalue weighted by atomic mass is 9.88. The number of carbonyl (C=O) groups excluding carboxylic acids is 3. The average molecular weight is 1300 g/mol. The van der Waals surface area contributed by atoms with Crippen LogP contribution in [0.1, 0.15) is 122 Å². The number of alkyl halides is 34. The molecule has 0 rings (SSSR count). The van der Waals surface area contributed by atoms with Gasteiger partial charge in [0, 0.05) is 12.8 Å². The zero-order valence-corrected chi connectivity index (χ0v) is 41.8. The fourth-order valence-corrected chi connectivity index (χ4v) is 6.59. The van der Waals surface area contributed by atoms with Crippen molar-refractivity contribution in [2.75, 3.05) is 13.2 Å². The molecule has 0 heterocycles. The standard InChI is InChI=1S/C43H47F34NO5/c1-2-3-4-5-6-7-8-9-10-11-12-13-14-15-16-17-25(79)78-24(27(81)83-23-21-29(46,47)31(50,51)33(54,55)35(58,59)37(62,63)39(66,67)41(70,71)43(75,76)77)18-19-26(80)82-22-20-28(44,45)30(48,49)32(52,53)34(56,57)36(60,61)38(64,65)40(68,69)42(72,73)74/h9-10,24H,2-8,11-23H2,1H3,(H,78,79)/b10-9-. The summed E-state index contributed by atoms with van der Waals surface area (Å²) in [7, 11) is 0. The van der Waals surface area contributed by atoms with Gasteiger partial charge in [-0.1, -0.05) is 70.4 Å². The van der Waals surface area contributed by atoms with E-state index < -0.39 is 164 Å². The van der Waals surface area contributed by atoms with Crippen LogP contribution in [0.5, 0.6) is 0 Å². The molecular weight excluding hydrogens is 1260 g/mol. The van der Waals surface area contributed by atoms with Crippen LogP contribution in [0.15, 0.2) is 12.2 Å². The van der Waals surface area contributed by atoms with Crippen molar-refractivity contribution < 1.29 is 173 Å². The maximum atomic E-state index is 14.5. The van der Waals surface area contributed by atoms with Crippen molar-refractivity contribution in [3.63, 3.8) is 0 Å². The molecule has 1 amide bonds. The molecule has 83 heavy (non-hydrogen) atoms. The number of ether oxygens (including phenoxy) is 2. The fraction of sp³-hybridized carbons (Fsp3) is 0.884. The summed E-state index contributed by atoms with van der Waals surface area (Å²) in [6.45, 7) is -3.18. The second-order valence-electron chi connectivity index (χ2n) is 18.2. The van der Waals surface area contributed by atoms with Crippen LogP contribution in [0.3, 0.4) is 0 Å². The first-order valence-corrected chi connectivity index (χ1v) is 23.5. The number of rotatable bonds is 38. The Morgan fingerprint density at radius 2 is 0.651 bits per heavy atom. The molecule has 40 heteroatoms. The van der Waals surface area contributed by atoms with Crippen molar-refractivity contribution in [2.24, 2.45) is 0 Å². The third-order valence-electron chi connectivity index (χ3n) is 11.8. The minimum absolute atomic E-state index is 0.146. The summed E-state index contributed by atoms with van der Waals surface area (Å²) in [5.41, 5.74) is 0. The van der Waals surface area contributed by atoms with Crippen molar-refractivity contribution in [3.05, 3.63) is 12.2 Å². The van der Waals surface area contributed by atoms with Crippen LogP contribution in [0.2, 0.25) is 0 Å². The first-order chi connectivity index (χ1) is 36.8. The Balaban J connectivity index is 6.41. The van der Waals surface area contributed by atoms with Crippen LogP contribution in [0, 0.1) is 0 Å². The minimum Gasteiger partial charge on any atom is -0.465 e. The molecule has 6 nitrogen and oxygen atoms in total. The highest BCUT2D eigenvalue weighted by molar-refractivity contribution is 5.85. The van der Waals surface area contributed by atoms with E-state index in [4.69, 9.17) is 0 Å². The highest BCUT2D eigenvalue weighted by atomic mass is 19.4. The van der Waals surface area contributed by atoms with Crippen LogP contribution in [0.25, 0.3) is 0 Å². The van der Waals surface area contributed by atoms with Crippen LogP contribution in [-0.2, 0) is 23.9 Å². The van der Waals surface area contributed by atoms with Gasteiger partial charge in [0.15, 0.2) is 0 Å². The van der Waals surface area contributed by atoms with E-state index in [1.807, 2.05) is 19.1 Å². The molecular formula is C43H47F34NO5. The number of unbranched alkanes of at least 4 members (excludes halogenated alkanes) is 11. The van der Waals surface area contributed by atoms with E-state index in [2.05, 4.69) is 9.47 Å². The Morgan fingerprint density at radius 3 is 0.988 bits per heavy atom. The van der Waals surface area contributed by atoms with Gasteiger partial charge in [0.05, 0.1) is 26.1 Å². The average Bonchev–Trinajstić information content (AvgIpc) is 2.36. The maximum Gasteiger partial charge on any atom is 0.460 e. The maximum absolute atomic E-state index is 14.5. The molecule has 0 saturated carbocycles. The third-order valence-corrected chi connectivity index (χ3v) is 11.8. The van der Waals surface area contributed by atoms with Gasteiger partial charge in [-0.05, 0) is 38.5 Å². The lowest BCUT2D eigenvalue weighted by molar-refractivity contribution is -0.461. The van der Waals surface area contributed by atoms with Gasteiger partial charge in [-0.15, -0.1) is 0 Å². The van der Waals surface area contributed by atoms with E-state index in [1.54, 1.807) is 5.32 Å². The Morgan fingerprint density at radius 1 is 0.361 bits per heavy atom. The van der Waals surface area contributed by atoms with E-state index >= 15 is 0 Å². The molecule has 0 aromatic heterocycles. The first-order valence-electron chi connectivity index (χ1n) is 23.5. The highest BCUT2D eigenvalue weighted by Crippen LogP contribution is 2.66. The molecule has 492 valence electrons. The predicted molar refractivity (Wildman–Crippen MR) is 213 cm³/mol. The van der Waals surface area contributed by atoms with Gasteiger partial charge in [0.2, 0.25) is 5.91 Å². The molecule has 0 aliphatic rings. The smallest absolute Gasteiger partial charge is 0.460 e. The SMILES string of the molecule is CCCCCCCC/C=C\CCCCCCCC(=O)NC(CCC(=O)OCCC(F)(F)C(F)(F)C(F)(F)C(F)(F)C(F)(F)C(F)(F)C(F)(F)C(F)(F)F)C(=O)OCCC(F)(F)C(F)(F)C(F)(F)C(F)(F)C(F)(F)C(F)(F)C(F)(F)C(F)(F)F. The summed E-state index contributed by atoms with van der Waals surface area (Å²) in [5.74, 6) is -125. The molecule has 0 spiro atoms. The Kier molecular flexibility index (Phi) is 26.2. The Bertz CT molecular complexity index is 2100. The first kappa shape index (κ1) is 78.8. The number of amides is 1. The number of hydrogen-bond donors (Lipinski definition) is 1. The van der Waals surface area contributed by atoms with Gasteiger partial charge >= 0.3 is 107 Å². The van der Waals surface area contributed by atoms with Crippen LogP contribution >= 0.6 is 0 Å². The minimum atomic E-state index is -9.01. The molecule has 1 N–H and O–H groups in total. The van der Waals surface area contributed by atoms with Crippen LogP contribution in [0.4, 0.5) is 149 Å². The normalized spacial score (nSPS) is 15.5. The quantitative estimate of drug-likeness (QED) is 0.0288. The second-order valence-corrected chi connectivity index (χ2v) is 18.2. The molecule has 0 fully saturated rings. The largest absolute Gasteiger partial charge is 0.465 e. The van der Waals surface area contributed by atoms with Gasteiger partial charge in [-0.3, -0.25) is 9.59 Å². The molecule has 0 aliphatic heterocycles. The van der Waals surface area contributed by atoms with Gasteiger partial charge in [0.1, 0.15) is 6.04 Å². The summed E-state index contributed by atoms with van der Waals surface area (Å²) in [4.78, 5) is 37.6. The summed E-state index contributed by atoms with van der Waals surface area (Å²) in [5, 5.41) is 1.59. The summed E-state index contributed by atoms with van der Waals surface area (Å²) < 4.78 is 470. The lowest BCUT2D eigenvalue weighted by Gasteiger charge is -2.42. The zero-order valence-electron chi connectivity index (χ0n) is 41.8. The molecule has 0 aliphatic carbocycles. The van der Waals surface area contributed by atoms with Crippen molar-refractivity contribution >= 4 is 17.8 Å². The van der Waals surface area contributed by atoms with E-state index in [0.29, 0.717) is 25.7 Å². The van der Waals surface area contributed by atoms with Crippen molar-refractivity contribution in [3.8, 4) is 0 Å². The molecule has 0 saturated heterocycles. The van der Waals surface area contributed by atoms with E-state index in [0.717, 1.165) is 44.9 Å². The number of allylic oxidation sites excluding steroid dienone is 2. The van der Waals surface area contributed by atoms with Crippen molar-refractivity contribution in [1.29, 1.82) is 0 Å². The molecule has 0 radical (unpaired) electrons. The second kappa shape index (κ2) is 27.6. The molecule has 1 atom stereocenters. The number of halogens is 34. The summed E-state index contributed by atoms with van der Waals surface area (Å²) in [6.07, 6.45) is -13.8. The van der Waals surface area contributed by atoms with Gasteiger partial charge < -0.3 is 14.8 Å². The zero-order chi connectivity index (χ0) is 66.0. The summed E-state index contributed by atoms with van der Waals surface area (Å²) >= 11 is 0. The number of nitrogens with one attached hydrogen (secondary N) is 1. The number of hydrogen-bond acceptors (Lipinski definition) is 5. The third kappa shape index (κ3) is 16.2. The van der Waals surface area contributed by atoms with Crippen LogP contribution in [-0.4, -0.2) is 132 Å². The van der Waals surface area contributed by atoms with Crippen LogP contribution < -0.4 is 5.32 Å². The van der Waals surface area contributed by atoms with E-state index in [9.17, 15) is 164 Å². The molecule has 1 unspecified atom stereocenters. The van der Waals surface area contributed by atoms with Gasteiger partial charge in [0.25, 0.3) is 0 Å². The lowest BCUT2D eigenvalue weighted by Crippen LogP contribution is -2.74. The summed E-state index contributed by atoms with van der Waals surface area (Å²) in [6, 6.07) is -2.70. The van der Waals surface area contributed by atoms with E-state index in [-0.39, 0.29) is 12.8 Å². The number of esters is 2.